The zero-order valence-corrected chi connectivity index (χ0v) is 16.4. The second-order valence-electron chi connectivity index (χ2n) is 8.21. The molecule has 1 amide bonds. The van der Waals surface area contributed by atoms with Gasteiger partial charge in [0.1, 0.15) is 5.69 Å². The van der Waals surface area contributed by atoms with E-state index >= 15 is 0 Å². The third kappa shape index (κ3) is 3.30. The molecule has 2 fully saturated rings. The van der Waals surface area contributed by atoms with Gasteiger partial charge in [-0.15, -0.1) is 0 Å². The van der Waals surface area contributed by atoms with Crippen LogP contribution in [0.3, 0.4) is 0 Å². The van der Waals surface area contributed by atoms with Gasteiger partial charge in [0, 0.05) is 30.9 Å². The molecule has 0 bridgehead atoms. The Hall–Kier alpha value is -3.09. The number of carbonyl (C=O) groups excluding carboxylic acids is 1. The molecule has 2 atom stereocenters. The predicted molar refractivity (Wildman–Crippen MR) is 107 cm³/mol. The van der Waals surface area contributed by atoms with E-state index in [2.05, 4.69) is 19.9 Å². The monoisotopic (exact) mass is 389 g/mol. The predicted octanol–water partition coefficient (Wildman–Crippen LogP) is 3.05. The Morgan fingerprint density at radius 3 is 2.79 bits per heavy atom. The Kier molecular flexibility index (Phi) is 4.38. The van der Waals surface area contributed by atoms with Crippen molar-refractivity contribution in [2.75, 3.05) is 19.7 Å². The van der Waals surface area contributed by atoms with E-state index in [9.17, 15) is 4.79 Å². The number of aromatic nitrogens is 4. The molecule has 148 valence electrons. The molecule has 7 heteroatoms. The average Bonchev–Trinajstić information content (AvgIpc) is 3.30. The van der Waals surface area contributed by atoms with Crippen LogP contribution in [-0.4, -0.2) is 50.4 Å². The molecule has 29 heavy (non-hydrogen) atoms. The normalized spacial score (nSPS) is 23.3. The average molecular weight is 389 g/mol. The lowest BCUT2D eigenvalue weighted by molar-refractivity contribution is 0.0736. The fourth-order valence-corrected chi connectivity index (χ4v) is 4.69. The van der Waals surface area contributed by atoms with Crippen LogP contribution in [0.2, 0.25) is 0 Å². The highest BCUT2D eigenvalue weighted by Crippen LogP contribution is 2.49. The second-order valence-corrected chi connectivity index (χ2v) is 8.21. The SMILES string of the molecule is Cc1cnc(OCC23CCCC2CN(C(=O)c2cnc4ccccc4n2)C3)nc1. The van der Waals surface area contributed by atoms with Gasteiger partial charge in [-0.3, -0.25) is 9.78 Å². The minimum absolute atomic E-state index is 0.0335. The van der Waals surface area contributed by atoms with Crippen LogP contribution in [0.5, 0.6) is 6.01 Å². The molecule has 3 aromatic rings. The summed E-state index contributed by atoms with van der Waals surface area (Å²) in [5.74, 6) is 0.383. The van der Waals surface area contributed by atoms with E-state index in [1.807, 2.05) is 36.1 Å². The first-order chi connectivity index (χ1) is 14.1. The highest BCUT2D eigenvalue weighted by atomic mass is 16.5. The van der Waals surface area contributed by atoms with Crippen LogP contribution in [0.15, 0.2) is 42.9 Å². The number of benzene rings is 1. The number of amides is 1. The number of likely N-dealkylation sites (tertiary alicyclic amines) is 1. The van der Waals surface area contributed by atoms with Gasteiger partial charge < -0.3 is 9.64 Å². The molecule has 0 N–H and O–H groups in total. The van der Waals surface area contributed by atoms with E-state index in [1.165, 1.54) is 6.42 Å². The van der Waals surface area contributed by atoms with Gasteiger partial charge >= 0.3 is 6.01 Å². The summed E-state index contributed by atoms with van der Waals surface area (Å²) in [6.45, 7) is 3.90. The molecule has 3 heterocycles. The highest BCUT2D eigenvalue weighted by Gasteiger charge is 2.51. The number of hydrogen-bond acceptors (Lipinski definition) is 6. The maximum absolute atomic E-state index is 13.1. The van der Waals surface area contributed by atoms with Crippen molar-refractivity contribution >= 4 is 16.9 Å². The fourth-order valence-electron chi connectivity index (χ4n) is 4.69. The summed E-state index contributed by atoms with van der Waals surface area (Å²) in [5.41, 5.74) is 2.91. The Bertz CT molecular complexity index is 1050. The number of carbonyl (C=O) groups is 1. The van der Waals surface area contributed by atoms with E-state index in [-0.39, 0.29) is 11.3 Å². The first-order valence-electron chi connectivity index (χ1n) is 10.1. The summed E-state index contributed by atoms with van der Waals surface area (Å²) >= 11 is 0. The summed E-state index contributed by atoms with van der Waals surface area (Å²) in [6, 6.07) is 8.01. The lowest BCUT2D eigenvalue weighted by Gasteiger charge is -2.28. The first kappa shape index (κ1) is 18.0. The minimum atomic E-state index is -0.0522. The van der Waals surface area contributed by atoms with Crippen molar-refractivity contribution in [1.82, 2.24) is 24.8 Å². The molecule has 0 spiro atoms. The molecule has 2 aromatic heterocycles. The molecule has 1 aromatic carbocycles. The Labute approximate surface area is 169 Å². The van der Waals surface area contributed by atoms with Crippen molar-refractivity contribution in [3.05, 3.63) is 54.1 Å². The molecule has 7 nitrogen and oxygen atoms in total. The van der Waals surface area contributed by atoms with E-state index in [0.717, 1.165) is 36.0 Å². The molecular weight excluding hydrogens is 366 g/mol. The van der Waals surface area contributed by atoms with Gasteiger partial charge in [-0.1, -0.05) is 18.6 Å². The second kappa shape index (κ2) is 7.06. The number of para-hydroxylation sites is 2. The van der Waals surface area contributed by atoms with Crippen LogP contribution < -0.4 is 4.74 Å². The molecule has 2 unspecified atom stereocenters. The molecule has 5 rings (SSSR count). The van der Waals surface area contributed by atoms with Crippen molar-refractivity contribution in [3.63, 3.8) is 0 Å². The van der Waals surface area contributed by atoms with Crippen LogP contribution in [0.1, 0.15) is 35.3 Å². The molecular formula is C22H23N5O2. The van der Waals surface area contributed by atoms with E-state index < -0.39 is 0 Å². The van der Waals surface area contributed by atoms with Gasteiger partial charge in [-0.2, -0.15) is 0 Å². The quantitative estimate of drug-likeness (QED) is 0.682. The van der Waals surface area contributed by atoms with Gasteiger partial charge in [0.15, 0.2) is 0 Å². The Morgan fingerprint density at radius 1 is 1.17 bits per heavy atom. The Morgan fingerprint density at radius 2 is 1.97 bits per heavy atom. The third-order valence-electron chi connectivity index (χ3n) is 6.24. The molecule has 0 radical (unpaired) electrons. The maximum Gasteiger partial charge on any atom is 0.316 e. The van der Waals surface area contributed by atoms with Gasteiger partial charge in [-0.05, 0) is 43.4 Å². The fraction of sp³-hybridized carbons (Fsp3) is 0.409. The summed E-state index contributed by atoms with van der Waals surface area (Å²) in [5, 5.41) is 0. The van der Waals surface area contributed by atoms with E-state index in [1.54, 1.807) is 18.6 Å². The first-order valence-corrected chi connectivity index (χ1v) is 10.1. The highest BCUT2D eigenvalue weighted by molar-refractivity contribution is 5.94. The molecule has 1 aliphatic carbocycles. The van der Waals surface area contributed by atoms with Crippen LogP contribution in [0, 0.1) is 18.3 Å². The van der Waals surface area contributed by atoms with Crippen LogP contribution >= 0.6 is 0 Å². The van der Waals surface area contributed by atoms with Gasteiger partial charge in [-0.25, -0.2) is 15.0 Å². The lowest BCUT2D eigenvalue weighted by atomic mass is 9.82. The molecule has 1 saturated heterocycles. The van der Waals surface area contributed by atoms with Crippen LogP contribution in [0.25, 0.3) is 11.0 Å². The maximum atomic E-state index is 13.1. The number of ether oxygens (including phenoxy) is 1. The molecule has 2 aliphatic rings. The van der Waals surface area contributed by atoms with Gasteiger partial charge in [0.05, 0.1) is 23.8 Å². The summed E-state index contributed by atoms with van der Waals surface area (Å²) in [6.07, 6.45) is 8.44. The third-order valence-corrected chi connectivity index (χ3v) is 6.24. The number of aryl methyl sites for hydroxylation is 1. The van der Waals surface area contributed by atoms with Gasteiger partial charge in [0.2, 0.25) is 0 Å². The largest absolute Gasteiger partial charge is 0.463 e. The van der Waals surface area contributed by atoms with Crippen LogP contribution in [0.4, 0.5) is 0 Å². The van der Waals surface area contributed by atoms with Crippen molar-refractivity contribution < 1.29 is 9.53 Å². The number of rotatable bonds is 4. The van der Waals surface area contributed by atoms with Crippen molar-refractivity contribution in [2.45, 2.75) is 26.2 Å². The summed E-state index contributed by atoms with van der Waals surface area (Å²) in [4.78, 5) is 32.5. The van der Waals surface area contributed by atoms with Gasteiger partial charge in [0.25, 0.3) is 5.91 Å². The minimum Gasteiger partial charge on any atom is -0.463 e. The van der Waals surface area contributed by atoms with Crippen molar-refractivity contribution in [3.8, 4) is 6.01 Å². The summed E-state index contributed by atoms with van der Waals surface area (Å²) < 4.78 is 5.95. The van der Waals surface area contributed by atoms with Crippen molar-refractivity contribution in [1.29, 1.82) is 0 Å². The number of nitrogens with zero attached hydrogens (tertiary/aromatic N) is 5. The number of hydrogen-bond donors (Lipinski definition) is 0. The summed E-state index contributed by atoms with van der Waals surface area (Å²) in [7, 11) is 0. The van der Waals surface area contributed by atoms with E-state index in [4.69, 9.17) is 4.74 Å². The zero-order valence-electron chi connectivity index (χ0n) is 16.4. The lowest BCUT2D eigenvalue weighted by Crippen LogP contribution is -2.36. The van der Waals surface area contributed by atoms with Crippen molar-refractivity contribution in [2.24, 2.45) is 11.3 Å². The van der Waals surface area contributed by atoms with E-state index in [0.29, 0.717) is 30.8 Å². The number of fused-ring (bicyclic) bond motifs is 2. The molecule has 1 aliphatic heterocycles. The standard InChI is InChI=1S/C22H23N5O2/c1-15-9-24-21(25-10-15)29-14-22-8-4-5-16(22)12-27(13-22)20(28)19-11-23-17-6-2-3-7-18(17)26-19/h2-3,6-7,9-11,16H,4-5,8,12-14H2,1H3. The van der Waals surface area contributed by atoms with Crippen LogP contribution in [-0.2, 0) is 0 Å². The molecule has 1 saturated carbocycles. The smallest absolute Gasteiger partial charge is 0.316 e. The Balaban J connectivity index is 1.33. The zero-order chi connectivity index (χ0) is 19.8. The topological polar surface area (TPSA) is 81.1 Å².